The molecule has 0 N–H and O–H groups in total. The van der Waals surface area contributed by atoms with E-state index in [-0.39, 0.29) is 5.97 Å². The van der Waals surface area contributed by atoms with Crippen LogP contribution in [-0.2, 0) is 0 Å². The molecule has 1 heterocycles. The highest BCUT2D eigenvalue weighted by atomic mass is 32.1. The molecule has 0 unspecified atom stereocenters. The smallest absolute Gasteiger partial charge is 0.344 e. The molecule has 0 aliphatic heterocycles. The van der Waals surface area contributed by atoms with Gasteiger partial charge in [-0.25, -0.2) is 4.79 Å². The first-order valence-corrected chi connectivity index (χ1v) is 14.8. The summed E-state index contributed by atoms with van der Waals surface area (Å²) >= 11 is 1.47. The minimum atomic E-state index is -0.344. The fourth-order valence-electron chi connectivity index (χ4n) is 4.08. The number of ether oxygens (including phenoxy) is 2. The molecular formula is C32H41NO3S. The van der Waals surface area contributed by atoms with Crippen molar-refractivity contribution in [1.29, 1.82) is 0 Å². The molecule has 198 valence electrons. The Labute approximate surface area is 226 Å². The molecule has 0 aliphatic carbocycles. The lowest BCUT2D eigenvalue weighted by molar-refractivity contribution is 0.0735. The van der Waals surface area contributed by atoms with Gasteiger partial charge in [-0.1, -0.05) is 77.6 Å². The summed E-state index contributed by atoms with van der Waals surface area (Å²) in [5, 5.41) is 3.63. The fourth-order valence-corrected chi connectivity index (χ4v) is 4.70. The van der Waals surface area contributed by atoms with Crippen LogP contribution >= 0.6 is 11.3 Å². The molecular weight excluding hydrogens is 478 g/mol. The van der Waals surface area contributed by atoms with Gasteiger partial charge in [0.1, 0.15) is 11.5 Å². The molecule has 3 rings (SSSR count). The average molecular weight is 520 g/mol. The molecule has 1 aromatic heterocycles. The van der Waals surface area contributed by atoms with E-state index in [1.54, 1.807) is 29.8 Å². The largest absolute Gasteiger partial charge is 0.494 e. The monoisotopic (exact) mass is 519 g/mol. The SMILES string of the molecule is CCCCCCCCCCCCCCOc1ccc(N=Cc2ccc(OC(=O)c3ccsc3)cc2)cc1. The zero-order valence-corrected chi connectivity index (χ0v) is 23.0. The number of unbranched alkanes of at least 4 members (excludes halogenated alkanes) is 11. The van der Waals surface area contributed by atoms with Crippen LogP contribution in [-0.4, -0.2) is 18.8 Å². The lowest BCUT2D eigenvalue weighted by atomic mass is 10.1. The standard InChI is InChI=1S/C32H41NO3S/c1-2-3-4-5-6-7-8-9-10-11-12-13-23-35-30-20-16-29(17-21-30)33-25-27-14-18-31(19-15-27)36-32(34)28-22-24-37-26-28/h14-22,24-26H,2-13,23H2,1H3. The van der Waals surface area contributed by atoms with Crippen molar-refractivity contribution >= 4 is 29.2 Å². The topological polar surface area (TPSA) is 47.9 Å². The first-order chi connectivity index (χ1) is 18.2. The first kappa shape index (κ1) is 28.6. The van der Waals surface area contributed by atoms with Crippen LogP contribution in [0.2, 0.25) is 0 Å². The summed E-state index contributed by atoms with van der Waals surface area (Å²) in [5.74, 6) is 1.06. The molecule has 0 saturated heterocycles. The summed E-state index contributed by atoms with van der Waals surface area (Å²) < 4.78 is 11.3. The van der Waals surface area contributed by atoms with Crippen molar-refractivity contribution in [2.24, 2.45) is 4.99 Å². The minimum absolute atomic E-state index is 0.344. The summed E-state index contributed by atoms with van der Waals surface area (Å²) in [7, 11) is 0. The molecule has 0 radical (unpaired) electrons. The van der Waals surface area contributed by atoms with Crippen LogP contribution in [0.15, 0.2) is 70.3 Å². The molecule has 3 aromatic rings. The molecule has 0 amide bonds. The van der Waals surface area contributed by atoms with Crippen molar-refractivity contribution in [3.8, 4) is 11.5 Å². The normalized spacial score (nSPS) is 11.2. The summed E-state index contributed by atoms with van der Waals surface area (Å²) in [5.41, 5.74) is 2.37. The highest BCUT2D eigenvalue weighted by Gasteiger charge is 2.08. The predicted octanol–water partition coefficient (Wildman–Crippen LogP) is 9.80. The van der Waals surface area contributed by atoms with E-state index in [2.05, 4.69) is 11.9 Å². The first-order valence-electron chi connectivity index (χ1n) is 13.9. The van der Waals surface area contributed by atoms with Crippen molar-refractivity contribution in [1.82, 2.24) is 0 Å². The number of rotatable bonds is 18. The molecule has 5 heteroatoms. The number of aliphatic imine (C=N–C) groups is 1. The number of carbonyl (C=O) groups excluding carboxylic acids is 1. The van der Waals surface area contributed by atoms with Gasteiger partial charge >= 0.3 is 5.97 Å². The molecule has 2 aromatic carbocycles. The predicted molar refractivity (Wildman–Crippen MR) is 156 cm³/mol. The quantitative estimate of drug-likeness (QED) is 0.0727. The Hall–Kier alpha value is -2.92. The minimum Gasteiger partial charge on any atom is -0.494 e. The lowest BCUT2D eigenvalue weighted by Gasteiger charge is -2.06. The Morgan fingerprint density at radius 3 is 1.95 bits per heavy atom. The van der Waals surface area contributed by atoms with Gasteiger partial charge in [0.25, 0.3) is 0 Å². The molecule has 0 bridgehead atoms. The number of thiophene rings is 1. The van der Waals surface area contributed by atoms with E-state index in [0.717, 1.165) is 30.0 Å². The van der Waals surface area contributed by atoms with Gasteiger partial charge in [0, 0.05) is 11.6 Å². The second kappa shape index (κ2) is 17.5. The van der Waals surface area contributed by atoms with E-state index in [0.29, 0.717) is 11.3 Å². The van der Waals surface area contributed by atoms with E-state index in [4.69, 9.17) is 9.47 Å². The van der Waals surface area contributed by atoms with Gasteiger partial charge in [0.2, 0.25) is 0 Å². The van der Waals surface area contributed by atoms with Crippen LogP contribution in [0.1, 0.15) is 99.9 Å². The molecule has 0 spiro atoms. The van der Waals surface area contributed by atoms with Crippen LogP contribution in [0.3, 0.4) is 0 Å². The van der Waals surface area contributed by atoms with E-state index in [1.165, 1.54) is 82.0 Å². The molecule has 0 aliphatic rings. The maximum atomic E-state index is 12.0. The Morgan fingerprint density at radius 2 is 1.35 bits per heavy atom. The number of hydrogen-bond donors (Lipinski definition) is 0. The average Bonchev–Trinajstić information content (AvgIpc) is 3.47. The third-order valence-electron chi connectivity index (χ3n) is 6.31. The number of hydrogen-bond acceptors (Lipinski definition) is 5. The highest BCUT2D eigenvalue weighted by molar-refractivity contribution is 7.08. The number of nitrogens with zero attached hydrogens (tertiary/aromatic N) is 1. The van der Waals surface area contributed by atoms with Crippen molar-refractivity contribution < 1.29 is 14.3 Å². The van der Waals surface area contributed by atoms with E-state index < -0.39 is 0 Å². The number of esters is 1. The van der Waals surface area contributed by atoms with E-state index in [9.17, 15) is 4.79 Å². The highest BCUT2D eigenvalue weighted by Crippen LogP contribution is 2.20. The van der Waals surface area contributed by atoms with Gasteiger partial charge in [0.05, 0.1) is 17.9 Å². The summed E-state index contributed by atoms with van der Waals surface area (Å²) in [6, 6.07) is 16.9. The van der Waals surface area contributed by atoms with Crippen molar-refractivity contribution in [2.75, 3.05) is 6.61 Å². The van der Waals surface area contributed by atoms with Gasteiger partial charge in [-0.15, -0.1) is 0 Å². The second-order valence-corrected chi connectivity index (χ2v) is 10.2. The maximum absolute atomic E-state index is 12.0. The van der Waals surface area contributed by atoms with Crippen molar-refractivity contribution in [3.63, 3.8) is 0 Å². The van der Waals surface area contributed by atoms with Crippen molar-refractivity contribution in [2.45, 2.75) is 84.0 Å². The lowest BCUT2D eigenvalue weighted by Crippen LogP contribution is -2.06. The summed E-state index contributed by atoms with van der Waals surface area (Å²) in [6.45, 7) is 3.04. The Kier molecular flexibility index (Phi) is 13.6. The third-order valence-corrected chi connectivity index (χ3v) is 7.00. The summed E-state index contributed by atoms with van der Waals surface area (Å²) in [6.07, 6.45) is 18.0. The molecule has 4 nitrogen and oxygen atoms in total. The van der Waals surface area contributed by atoms with Gasteiger partial charge in [-0.3, -0.25) is 4.99 Å². The van der Waals surface area contributed by atoms with Gasteiger partial charge in [-0.2, -0.15) is 11.3 Å². The van der Waals surface area contributed by atoms with Crippen LogP contribution in [0.5, 0.6) is 11.5 Å². The third kappa shape index (κ3) is 11.8. The van der Waals surface area contributed by atoms with E-state index in [1.807, 2.05) is 41.8 Å². The molecule has 0 atom stereocenters. The fraction of sp³-hybridized carbons (Fsp3) is 0.438. The molecule has 0 fully saturated rings. The van der Waals surface area contributed by atoms with E-state index >= 15 is 0 Å². The zero-order chi connectivity index (χ0) is 26.0. The van der Waals surface area contributed by atoms with Crippen molar-refractivity contribution in [3.05, 3.63) is 76.5 Å². The van der Waals surface area contributed by atoms with Gasteiger partial charge in [0.15, 0.2) is 0 Å². The number of carbonyl (C=O) groups is 1. The summed E-state index contributed by atoms with van der Waals surface area (Å²) in [4.78, 5) is 16.6. The second-order valence-electron chi connectivity index (χ2n) is 9.46. The molecule has 0 saturated carbocycles. The van der Waals surface area contributed by atoms with Crippen LogP contribution in [0.4, 0.5) is 5.69 Å². The van der Waals surface area contributed by atoms with Crippen LogP contribution in [0.25, 0.3) is 0 Å². The Morgan fingerprint density at radius 1 is 0.757 bits per heavy atom. The maximum Gasteiger partial charge on any atom is 0.344 e. The Bertz CT molecular complexity index is 1030. The zero-order valence-electron chi connectivity index (χ0n) is 22.2. The van der Waals surface area contributed by atoms with Gasteiger partial charge < -0.3 is 9.47 Å². The number of benzene rings is 2. The van der Waals surface area contributed by atoms with Crippen LogP contribution < -0.4 is 9.47 Å². The van der Waals surface area contributed by atoms with Crippen LogP contribution in [0, 0.1) is 0 Å². The molecule has 37 heavy (non-hydrogen) atoms. The van der Waals surface area contributed by atoms with Gasteiger partial charge in [-0.05, 0) is 72.0 Å². The Balaban J connectivity index is 1.25.